The zero-order valence-electron chi connectivity index (χ0n) is 26.8. The van der Waals surface area contributed by atoms with E-state index in [1.807, 2.05) is 13.8 Å². The molecule has 1 aromatic carbocycles. The highest BCUT2D eigenvalue weighted by Gasteiger charge is 2.37. The van der Waals surface area contributed by atoms with Crippen LogP contribution in [0, 0.1) is 34.9 Å². The van der Waals surface area contributed by atoms with E-state index < -0.39 is 35.5 Å². The van der Waals surface area contributed by atoms with E-state index in [0.29, 0.717) is 62.5 Å². The van der Waals surface area contributed by atoms with Crippen molar-refractivity contribution in [3.05, 3.63) is 29.6 Å². The Hall–Kier alpha value is -3.88. The fourth-order valence-electron chi connectivity index (χ4n) is 5.43. The number of aliphatic imine (C=N–C) groups is 1. The van der Waals surface area contributed by atoms with Crippen LogP contribution in [0.1, 0.15) is 85.3 Å². The standard InChI is InChI=1S/C32H47FN6O5/c1-20(2)28(35)37-30(41)38-15-11-22(12-16-38)21(3)13-17-43-24-9-10-25(26(33)18-24)27(36-31(42)44-32(4,5)6)29(40)39-14-7-8-23(39)19-34/h9-10,18,20-23,27H,7-8,11-17H2,1-6H3,(H,36,42)(H2,35,37,41)/t21-,23+,27+/m1/s1. The van der Waals surface area contributed by atoms with Crippen molar-refractivity contribution in [1.29, 1.82) is 5.26 Å². The monoisotopic (exact) mass is 614 g/mol. The molecule has 0 aromatic heterocycles. The van der Waals surface area contributed by atoms with Crippen LogP contribution in [0.5, 0.6) is 5.75 Å². The Kier molecular flexibility index (Phi) is 12.0. The van der Waals surface area contributed by atoms with Gasteiger partial charge < -0.3 is 30.3 Å². The second kappa shape index (κ2) is 15.2. The van der Waals surface area contributed by atoms with Crippen molar-refractivity contribution in [2.24, 2.45) is 28.5 Å². The number of urea groups is 1. The molecule has 2 saturated heterocycles. The first-order valence-electron chi connectivity index (χ1n) is 15.4. The Morgan fingerprint density at radius 1 is 1.16 bits per heavy atom. The summed E-state index contributed by atoms with van der Waals surface area (Å²) < 4.78 is 26.6. The number of benzene rings is 1. The first kappa shape index (κ1) is 34.6. The number of ether oxygens (including phenoxy) is 2. The summed E-state index contributed by atoms with van der Waals surface area (Å²) in [5.41, 5.74) is 4.98. The van der Waals surface area contributed by atoms with Crippen molar-refractivity contribution in [2.45, 2.75) is 91.3 Å². The maximum atomic E-state index is 15.5. The lowest BCUT2D eigenvalue weighted by atomic mass is 9.84. The second-order valence-corrected chi connectivity index (χ2v) is 13.0. The molecule has 0 unspecified atom stereocenters. The van der Waals surface area contributed by atoms with Gasteiger partial charge >= 0.3 is 12.1 Å². The van der Waals surface area contributed by atoms with Crippen molar-refractivity contribution in [1.82, 2.24) is 15.1 Å². The van der Waals surface area contributed by atoms with Crippen molar-refractivity contribution < 1.29 is 28.2 Å². The van der Waals surface area contributed by atoms with Crippen LogP contribution in [-0.4, -0.2) is 71.6 Å². The molecule has 0 bridgehead atoms. The number of likely N-dealkylation sites (tertiary alicyclic amines) is 2. The smallest absolute Gasteiger partial charge is 0.408 e. The predicted octanol–water partition coefficient (Wildman–Crippen LogP) is 5.16. The van der Waals surface area contributed by atoms with Crippen LogP contribution in [0.4, 0.5) is 14.0 Å². The van der Waals surface area contributed by atoms with Crippen LogP contribution in [-0.2, 0) is 9.53 Å². The molecule has 0 radical (unpaired) electrons. The minimum Gasteiger partial charge on any atom is -0.493 e. The predicted molar refractivity (Wildman–Crippen MR) is 164 cm³/mol. The molecular formula is C32H47FN6O5. The molecule has 0 aliphatic carbocycles. The number of nitriles is 1. The molecule has 0 spiro atoms. The molecule has 242 valence electrons. The highest BCUT2D eigenvalue weighted by molar-refractivity contribution is 5.93. The summed E-state index contributed by atoms with van der Waals surface area (Å²) in [6.45, 7) is 13.0. The summed E-state index contributed by atoms with van der Waals surface area (Å²) in [5.74, 6) is 0.133. The molecule has 2 heterocycles. The van der Waals surface area contributed by atoms with E-state index in [-0.39, 0.29) is 17.5 Å². The highest BCUT2D eigenvalue weighted by Crippen LogP contribution is 2.30. The molecule has 44 heavy (non-hydrogen) atoms. The van der Waals surface area contributed by atoms with Gasteiger partial charge in [0.2, 0.25) is 0 Å². The molecule has 11 nitrogen and oxygen atoms in total. The first-order chi connectivity index (χ1) is 20.7. The van der Waals surface area contributed by atoms with Gasteiger partial charge in [0.1, 0.15) is 35.1 Å². The van der Waals surface area contributed by atoms with E-state index in [0.717, 1.165) is 19.3 Å². The summed E-state index contributed by atoms with van der Waals surface area (Å²) in [5, 5.41) is 12.0. The zero-order valence-corrected chi connectivity index (χ0v) is 26.8. The number of hydrogen-bond acceptors (Lipinski definition) is 6. The van der Waals surface area contributed by atoms with Gasteiger partial charge in [-0.25, -0.2) is 14.0 Å². The number of carbonyl (C=O) groups is 3. The number of nitrogens with one attached hydrogen (secondary N) is 1. The van der Waals surface area contributed by atoms with E-state index in [4.69, 9.17) is 15.2 Å². The topological polar surface area (TPSA) is 150 Å². The number of piperidine rings is 1. The number of alkyl carbamates (subject to hydrolysis) is 1. The van der Waals surface area contributed by atoms with Crippen molar-refractivity contribution in [3.8, 4) is 11.8 Å². The lowest BCUT2D eigenvalue weighted by Gasteiger charge is -2.34. The molecule has 2 aliphatic rings. The van der Waals surface area contributed by atoms with Crippen LogP contribution in [0.3, 0.4) is 0 Å². The van der Waals surface area contributed by atoms with E-state index in [1.165, 1.54) is 17.0 Å². The average molecular weight is 615 g/mol. The van der Waals surface area contributed by atoms with Crippen molar-refractivity contribution in [2.75, 3.05) is 26.2 Å². The Labute approximate surface area is 259 Å². The lowest BCUT2D eigenvalue weighted by molar-refractivity contribution is -0.133. The summed E-state index contributed by atoms with van der Waals surface area (Å²) in [6, 6.07) is 4.02. The molecule has 0 saturated carbocycles. The third-order valence-corrected chi connectivity index (χ3v) is 8.15. The molecule has 2 aliphatic heterocycles. The van der Waals surface area contributed by atoms with E-state index in [9.17, 15) is 19.6 Å². The highest BCUT2D eigenvalue weighted by atomic mass is 19.1. The number of rotatable bonds is 9. The van der Waals surface area contributed by atoms with E-state index >= 15 is 4.39 Å². The summed E-state index contributed by atoms with van der Waals surface area (Å²) in [6.07, 6.45) is 2.77. The fraction of sp³-hybridized carbons (Fsp3) is 0.656. The largest absolute Gasteiger partial charge is 0.493 e. The van der Waals surface area contributed by atoms with Crippen LogP contribution >= 0.6 is 0 Å². The van der Waals surface area contributed by atoms with Gasteiger partial charge in [0.05, 0.1) is 12.7 Å². The third kappa shape index (κ3) is 9.56. The molecule has 3 N–H and O–H groups in total. The average Bonchev–Trinajstić information content (AvgIpc) is 3.44. The van der Waals surface area contributed by atoms with Crippen LogP contribution < -0.4 is 15.8 Å². The number of hydrogen-bond donors (Lipinski definition) is 2. The molecular weight excluding hydrogens is 567 g/mol. The molecule has 1 aromatic rings. The quantitative estimate of drug-likeness (QED) is 0.288. The van der Waals surface area contributed by atoms with Gasteiger partial charge in [-0.3, -0.25) is 4.79 Å². The Morgan fingerprint density at radius 2 is 1.84 bits per heavy atom. The number of halogens is 1. The maximum absolute atomic E-state index is 15.5. The van der Waals surface area contributed by atoms with Crippen molar-refractivity contribution in [3.63, 3.8) is 0 Å². The molecule has 3 atom stereocenters. The SMILES string of the molecule is CC(C)C(N)=NC(=O)N1CCC([C@H](C)CCOc2ccc([C@H](NC(=O)OC(C)(C)C)C(=O)N3CCC[C@H]3C#N)c(F)c2)CC1. The number of amidine groups is 1. The zero-order chi connectivity index (χ0) is 32.6. The summed E-state index contributed by atoms with van der Waals surface area (Å²) >= 11 is 0. The number of amides is 4. The first-order valence-corrected chi connectivity index (χ1v) is 15.4. The molecule has 2 fully saturated rings. The van der Waals surface area contributed by atoms with Gasteiger partial charge in [-0.2, -0.15) is 10.3 Å². The maximum Gasteiger partial charge on any atom is 0.408 e. The van der Waals surface area contributed by atoms with E-state index in [1.54, 1.807) is 31.7 Å². The van der Waals surface area contributed by atoms with E-state index in [2.05, 4.69) is 23.3 Å². The molecule has 3 rings (SSSR count). The van der Waals surface area contributed by atoms with Gasteiger partial charge in [0, 0.05) is 37.2 Å². The number of nitrogens with zero attached hydrogens (tertiary/aromatic N) is 4. The van der Waals surface area contributed by atoms with Gasteiger partial charge in [-0.15, -0.1) is 0 Å². The minimum absolute atomic E-state index is 0.0196. The normalized spacial score (nSPS) is 19.3. The number of carbonyl (C=O) groups excluding carboxylic acids is 3. The van der Waals surface area contributed by atoms with Gasteiger partial charge in [0.15, 0.2) is 0 Å². The summed E-state index contributed by atoms with van der Waals surface area (Å²) in [4.78, 5) is 45.6. The van der Waals surface area contributed by atoms with Crippen LogP contribution in [0.25, 0.3) is 0 Å². The Bertz CT molecular complexity index is 1250. The molecule has 4 amide bonds. The second-order valence-electron chi connectivity index (χ2n) is 13.0. The van der Waals surface area contributed by atoms with Crippen LogP contribution in [0.2, 0.25) is 0 Å². The lowest BCUT2D eigenvalue weighted by Crippen LogP contribution is -2.46. The Balaban J connectivity index is 1.59. The van der Waals surface area contributed by atoms with Gasteiger partial charge in [-0.1, -0.05) is 20.8 Å². The summed E-state index contributed by atoms with van der Waals surface area (Å²) in [7, 11) is 0. The van der Waals surface area contributed by atoms with Gasteiger partial charge in [0.25, 0.3) is 5.91 Å². The number of nitrogens with two attached hydrogens (primary N) is 1. The molecule has 12 heteroatoms. The fourth-order valence-corrected chi connectivity index (χ4v) is 5.43. The third-order valence-electron chi connectivity index (χ3n) is 8.15. The Morgan fingerprint density at radius 3 is 2.43 bits per heavy atom. The van der Waals surface area contributed by atoms with Gasteiger partial charge in [-0.05, 0) is 76.8 Å². The minimum atomic E-state index is -1.36. The van der Waals surface area contributed by atoms with Crippen LogP contribution in [0.15, 0.2) is 23.2 Å². The van der Waals surface area contributed by atoms with Crippen molar-refractivity contribution >= 4 is 23.9 Å².